The van der Waals surface area contributed by atoms with Crippen molar-refractivity contribution in [3.05, 3.63) is 83.4 Å². The topological polar surface area (TPSA) is 26.3 Å². The Morgan fingerprint density at radius 2 is 1.52 bits per heavy atom. The molecule has 0 heterocycles. The zero-order valence-corrected chi connectivity index (χ0v) is 11.9. The quantitative estimate of drug-likeness (QED) is 0.670. The van der Waals surface area contributed by atoms with E-state index in [2.05, 4.69) is 30.3 Å². The summed E-state index contributed by atoms with van der Waals surface area (Å²) in [6.45, 7) is 0. The number of benzene rings is 3. The van der Waals surface area contributed by atoms with Crippen LogP contribution in [0.5, 0.6) is 0 Å². The van der Waals surface area contributed by atoms with Gasteiger partial charge in [-0.15, -0.1) is 0 Å². The molecule has 3 rings (SSSR count). The van der Waals surface area contributed by atoms with Crippen molar-refractivity contribution in [3.8, 4) is 0 Å². The molecule has 0 bridgehead atoms. The van der Waals surface area contributed by atoms with E-state index >= 15 is 0 Å². The predicted octanol–water partition coefficient (Wildman–Crippen LogP) is 4.22. The summed E-state index contributed by atoms with van der Waals surface area (Å²) >= 11 is 0. The van der Waals surface area contributed by atoms with Gasteiger partial charge in [0.1, 0.15) is 0 Å². The van der Waals surface area contributed by atoms with Gasteiger partial charge in [-0.1, -0.05) is 60.7 Å². The average molecular weight is 276 g/mol. The van der Waals surface area contributed by atoms with E-state index in [1.807, 2.05) is 36.4 Å². The minimum atomic E-state index is -0.286. The summed E-state index contributed by atoms with van der Waals surface area (Å²) < 4.78 is 4.86. The van der Waals surface area contributed by atoms with Crippen LogP contribution in [0.2, 0.25) is 0 Å². The fraction of sp³-hybridized carbons (Fsp3) is 0.105. The van der Waals surface area contributed by atoms with E-state index < -0.39 is 0 Å². The van der Waals surface area contributed by atoms with Gasteiger partial charge in [-0.25, -0.2) is 4.79 Å². The largest absolute Gasteiger partial charge is 0.465 e. The van der Waals surface area contributed by atoms with Gasteiger partial charge in [-0.05, 0) is 34.4 Å². The second kappa shape index (κ2) is 5.80. The molecular weight excluding hydrogens is 260 g/mol. The second-order valence-electron chi connectivity index (χ2n) is 4.96. The summed E-state index contributed by atoms with van der Waals surface area (Å²) in [5, 5.41) is 2.44. The van der Waals surface area contributed by atoms with Gasteiger partial charge in [0.15, 0.2) is 0 Å². The Balaban J connectivity index is 2.05. The summed E-state index contributed by atoms with van der Waals surface area (Å²) in [7, 11) is 1.41. The van der Waals surface area contributed by atoms with Crippen LogP contribution < -0.4 is 0 Å². The van der Waals surface area contributed by atoms with Crippen LogP contribution in [-0.4, -0.2) is 13.1 Å². The van der Waals surface area contributed by atoms with E-state index in [0.717, 1.165) is 5.56 Å². The van der Waals surface area contributed by atoms with Crippen molar-refractivity contribution in [2.75, 3.05) is 7.11 Å². The molecule has 0 saturated heterocycles. The molecule has 0 saturated carbocycles. The van der Waals surface area contributed by atoms with Gasteiger partial charge in [-0.2, -0.15) is 0 Å². The average Bonchev–Trinajstić information content (AvgIpc) is 2.55. The van der Waals surface area contributed by atoms with Crippen molar-refractivity contribution in [2.24, 2.45) is 0 Å². The van der Waals surface area contributed by atoms with Crippen molar-refractivity contribution in [2.45, 2.75) is 6.42 Å². The van der Waals surface area contributed by atoms with E-state index in [1.54, 1.807) is 0 Å². The fourth-order valence-corrected chi connectivity index (χ4v) is 2.64. The molecule has 3 aromatic rings. The van der Waals surface area contributed by atoms with Crippen molar-refractivity contribution in [1.82, 2.24) is 0 Å². The SMILES string of the molecule is COC(=O)c1ccccc1Cc1cccc2ccccc12. The molecule has 0 amide bonds. The number of rotatable bonds is 3. The lowest BCUT2D eigenvalue weighted by molar-refractivity contribution is 0.0599. The van der Waals surface area contributed by atoms with Crippen LogP contribution in [0.4, 0.5) is 0 Å². The number of carbonyl (C=O) groups excluding carboxylic acids is 1. The molecule has 0 aromatic heterocycles. The highest BCUT2D eigenvalue weighted by atomic mass is 16.5. The van der Waals surface area contributed by atoms with Crippen molar-refractivity contribution < 1.29 is 9.53 Å². The van der Waals surface area contributed by atoms with E-state index in [9.17, 15) is 4.79 Å². The Labute approximate surface area is 124 Å². The lowest BCUT2D eigenvalue weighted by Crippen LogP contribution is -2.06. The molecule has 0 fully saturated rings. The number of carbonyl (C=O) groups is 1. The molecule has 21 heavy (non-hydrogen) atoms. The zero-order valence-electron chi connectivity index (χ0n) is 11.9. The normalized spacial score (nSPS) is 10.5. The first-order valence-corrected chi connectivity index (χ1v) is 6.92. The zero-order chi connectivity index (χ0) is 14.7. The molecule has 0 atom stereocenters. The minimum absolute atomic E-state index is 0.286. The second-order valence-corrected chi connectivity index (χ2v) is 4.96. The highest BCUT2D eigenvalue weighted by Crippen LogP contribution is 2.23. The van der Waals surface area contributed by atoms with Gasteiger partial charge in [0.2, 0.25) is 0 Å². The lowest BCUT2D eigenvalue weighted by atomic mass is 9.96. The number of fused-ring (bicyclic) bond motifs is 1. The van der Waals surface area contributed by atoms with Gasteiger partial charge in [0, 0.05) is 0 Å². The molecular formula is C19H16O2. The summed E-state index contributed by atoms with van der Waals surface area (Å²) in [6, 6.07) is 22.2. The van der Waals surface area contributed by atoms with E-state index in [1.165, 1.54) is 23.4 Å². The first kappa shape index (κ1) is 13.4. The first-order chi connectivity index (χ1) is 10.3. The number of hydrogen-bond donors (Lipinski definition) is 0. The van der Waals surface area contributed by atoms with E-state index in [4.69, 9.17) is 4.74 Å². The Hall–Kier alpha value is -2.61. The summed E-state index contributed by atoms with van der Waals surface area (Å²) in [4.78, 5) is 11.9. The number of hydrogen-bond acceptors (Lipinski definition) is 2. The molecule has 0 unspecified atom stereocenters. The maximum atomic E-state index is 11.9. The molecule has 0 radical (unpaired) electrons. The molecule has 0 aliphatic carbocycles. The Morgan fingerprint density at radius 3 is 2.38 bits per heavy atom. The molecule has 0 spiro atoms. The standard InChI is InChI=1S/C19H16O2/c1-21-19(20)18-12-5-3-8-16(18)13-15-10-6-9-14-7-2-4-11-17(14)15/h2-12H,13H2,1H3. The number of esters is 1. The van der Waals surface area contributed by atoms with Gasteiger partial charge in [0.25, 0.3) is 0 Å². The van der Waals surface area contributed by atoms with E-state index in [-0.39, 0.29) is 5.97 Å². The Morgan fingerprint density at radius 1 is 0.857 bits per heavy atom. The predicted molar refractivity (Wildman–Crippen MR) is 84.5 cm³/mol. The third-order valence-corrected chi connectivity index (χ3v) is 3.68. The van der Waals surface area contributed by atoms with Crippen LogP contribution in [0.15, 0.2) is 66.7 Å². The summed E-state index contributed by atoms with van der Waals surface area (Å²) in [5.74, 6) is -0.286. The molecule has 0 aliphatic rings. The molecule has 0 aliphatic heterocycles. The summed E-state index contributed by atoms with van der Waals surface area (Å²) in [6.07, 6.45) is 0.715. The van der Waals surface area contributed by atoms with Crippen molar-refractivity contribution in [3.63, 3.8) is 0 Å². The van der Waals surface area contributed by atoms with Crippen LogP contribution in [-0.2, 0) is 11.2 Å². The van der Waals surface area contributed by atoms with Crippen molar-refractivity contribution >= 4 is 16.7 Å². The Kier molecular flexibility index (Phi) is 3.69. The highest BCUT2D eigenvalue weighted by Gasteiger charge is 2.12. The molecule has 0 N–H and O–H groups in total. The maximum absolute atomic E-state index is 11.9. The smallest absolute Gasteiger partial charge is 0.338 e. The number of ether oxygens (including phenoxy) is 1. The molecule has 2 nitrogen and oxygen atoms in total. The molecule has 3 aromatic carbocycles. The van der Waals surface area contributed by atoms with Gasteiger partial charge >= 0.3 is 5.97 Å². The van der Waals surface area contributed by atoms with E-state index in [0.29, 0.717) is 12.0 Å². The summed E-state index contributed by atoms with van der Waals surface area (Å²) in [5.41, 5.74) is 2.83. The van der Waals surface area contributed by atoms with Gasteiger partial charge < -0.3 is 4.74 Å². The number of methoxy groups -OCH3 is 1. The fourth-order valence-electron chi connectivity index (χ4n) is 2.64. The monoisotopic (exact) mass is 276 g/mol. The minimum Gasteiger partial charge on any atom is -0.465 e. The lowest BCUT2D eigenvalue weighted by Gasteiger charge is -2.10. The van der Waals surface area contributed by atoms with Crippen LogP contribution in [0, 0.1) is 0 Å². The highest BCUT2D eigenvalue weighted by molar-refractivity contribution is 5.92. The third kappa shape index (κ3) is 2.65. The third-order valence-electron chi connectivity index (χ3n) is 3.68. The van der Waals surface area contributed by atoms with Gasteiger partial charge in [0.05, 0.1) is 12.7 Å². The molecule has 104 valence electrons. The van der Waals surface area contributed by atoms with Crippen LogP contribution in [0.3, 0.4) is 0 Å². The van der Waals surface area contributed by atoms with Gasteiger partial charge in [-0.3, -0.25) is 0 Å². The van der Waals surface area contributed by atoms with Crippen LogP contribution in [0.1, 0.15) is 21.5 Å². The van der Waals surface area contributed by atoms with Crippen molar-refractivity contribution in [1.29, 1.82) is 0 Å². The molecule has 2 heteroatoms. The Bertz CT molecular complexity index is 785. The first-order valence-electron chi connectivity index (χ1n) is 6.92. The maximum Gasteiger partial charge on any atom is 0.338 e. The van der Waals surface area contributed by atoms with Crippen LogP contribution >= 0.6 is 0 Å². The van der Waals surface area contributed by atoms with Crippen LogP contribution in [0.25, 0.3) is 10.8 Å².